The lowest BCUT2D eigenvalue weighted by molar-refractivity contribution is -0.153. The summed E-state index contributed by atoms with van der Waals surface area (Å²) in [6.07, 6.45) is -9.95. The minimum absolute atomic E-state index is 0.566. The lowest BCUT2D eigenvalue weighted by Crippen LogP contribution is -2.38. The Hall–Kier alpha value is -1.89. The number of nitrogens with one attached hydrogen (secondary N) is 1. The first-order chi connectivity index (χ1) is 10.6. The molecule has 0 bridgehead atoms. The third-order valence-electron chi connectivity index (χ3n) is 3.12. The molecule has 23 heavy (non-hydrogen) atoms. The number of H-pyrrole nitrogens is 1. The first-order valence-electron chi connectivity index (χ1n) is 6.31. The van der Waals surface area contributed by atoms with Crippen LogP contribution in [0.15, 0.2) is 15.8 Å². The molecule has 4 N–H and O–H groups in total. The van der Waals surface area contributed by atoms with Gasteiger partial charge >= 0.3 is 11.9 Å². The Labute approximate surface area is 125 Å². The second kappa shape index (κ2) is 6.31. The highest BCUT2D eigenvalue weighted by Crippen LogP contribution is 2.28. The van der Waals surface area contributed by atoms with Crippen molar-refractivity contribution >= 4 is 0 Å². The van der Waals surface area contributed by atoms with Gasteiger partial charge in [-0.25, -0.2) is 4.79 Å². The molecule has 2 rings (SSSR count). The van der Waals surface area contributed by atoms with Crippen molar-refractivity contribution in [3.8, 4) is 5.75 Å². The van der Waals surface area contributed by atoms with Crippen LogP contribution in [0.1, 0.15) is 6.23 Å². The van der Waals surface area contributed by atoms with Crippen molar-refractivity contribution in [1.29, 1.82) is 0 Å². The van der Waals surface area contributed by atoms with Gasteiger partial charge in [-0.2, -0.15) is 13.2 Å². The molecule has 2 heterocycles. The number of hydrogen-bond acceptors (Lipinski definition) is 7. The molecule has 0 radical (unpaired) electrons. The van der Waals surface area contributed by atoms with Crippen molar-refractivity contribution in [2.24, 2.45) is 0 Å². The number of aromatic nitrogens is 2. The summed E-state index contributed by atoms with van der Waals surface area (Å²) in [4.78, 5) is 24.9. The molecule has 1 fully saturated rings. The molecule has 9 nitrogen and oxygen atoms in total. The van der Waals surface area contributed by atoms with Gasteiger partial charge in [0.25, 0.3) is 5.56 Å². The highest BCUT2D eigenvalue weighted by atomic mass is 19.4. The first-order valence-corrected chi connectivity index (χ1v) is 6.31. The number of aliphatic hydroxyl groups excluding tert-OH is 3. The Balaban J connectivity index is 2.33. The molecule has 12 heteroatoms. The van der Waals surface area contributed by atoms with Crippen molar-refractivity contribution in [2.45, 2.75) is 30.7 Å². The number of alkyl halides is 3. The molecular formula is C11H13F3N2O7. The van der Waals surface area contributed by atoms with Crippen LogP contribution in [0.3, 0.4) is 0 Å². The number of nitrogens with zero attached hydrogens (tertiary/aromatic N) is 1. The van der Waals surface area contributed by atoms with Gasteiger partial charge in [0.05, 0.1) is 12.8 Å². The summed E-state index contributed by atoms with van der Waals surface area (Å²) in [7, 11) is 0. The van der Waals surface area contributed by atoms with Crippen LogP contribution < -0.4 is 16.0 Å². The highest BCUT2D eigenvalue weighted by Gasteiger charge is 2.44. The van der Waals surface area contributed by atoms with Crippen molar-refractivity contribution in [3.63, 3.8) is 0 Å². The fourth-order valence-electron chi connectivity index (χ4n) is 2.03. The zero-order valence-electron chi connectivity index (χ0n) is 11.4. The van der Waals surface area contributed by atoms with Crippen molar-refractivity contribution < 1.29 is 38.0 Å². The van der Waals surface area contributed by atoms with Crippen LogP contribution in [0.2, 0.25) is 0 Å². The molecule has 0 amide bonds. The van der Waals surface area contributed by atoms with Crippen LogP contribution in [0.25, 0.3) is 0 Å². The van der Waals surface area contributed by atoms with Gasteiger partial charge in [-0.15, -0.1) is 0 Å². The van der Waals surface area contributed by atoms with E-state index in [0.717, 1.165) is 0 Å². The molecule has 1 aliphatic heterocycles. The zero-order chi connectivity index (χ0) is 17.4. The molecule has 1 aliphatic rings. The second-order valence-electron chi connectivity index (χ2n) is 4.79. The topological polar surface area (TPSA) is 134 Å². The number of aliphatic hydroxyl groups is 3. The SMILES string of the molecule is O=c1[nH]c(=O)n([C@@H]2O[C@H](CO)[C@@H](O)[C@H]2O)cc1OCC(F)(F)F. The first kappa shape index (κ1) is 17.5. The van der Waals surface area contributed by atoms with Gasteiger partial charge in [-0.1, -0.05) is 0 Å². The fraction of sp³-hybridized carbons (Fsp3) is 0.636. The Morgan fingerprint density at radius 1 is 1.30 bits per heavy atom. The molecule has 0 aromatic carbocycles. The molecule has 1 saturated heterocycles. The van der Waals surface area contributed by atoms with Crippen molar-refractivity contribution in [1.82, 2.24) is 9.55 Å². The molecule has 1 aromatic rings. The van der Waals surface area contributed by atoms with Crippen LogP contribution in [-0.2, 0) is 4.74 Å². The van der Waals surface area contributed by atoms with E-state index in [0.29, 0.717) is 10.8 Å². The van der Waals surface area contributed by atoms with Gasteiger partial charge < -0.3 is 24.8 Å². The van der Waals surface area contributed by atoms with Crippen LogP contribution in [0.5, 0.6) is 5.75 Å². The average Bonchev–Trinajstić information content (AvgIpc) is 2.73. The summed E-state index contributed by atoms with van der Waals surface area (Å²) in [5.74, 6) is -0.820. The van der Waals surface area contributed by atoms with Crippen LogP contribution in [0, 0.1) is 0 Å². The lowest BCUT2D eigenvalue weighted by atomic mass is 10.1. The quantitative estimate of drug-likeness (QED) is 0.502. The molecule has 0 spiro atoms. The minimum atomic E-state index is -4.70. The maximum atomic E-state index is 12.1. The van der Waals surface area contributed by atoms with E-state index in [1.54, 1.807) is 4.98 Å². The number of hydrogen-bond donors (Lipinski definition) is 4. The zero-order valence-corrected chi connectivity index (χ0v) is 11.4. The van der Waals surface area contributed by atoms with Gasteiger partial charge in [-0.05, 0) is 0 Å². The molecular weight excluding hydrogens is 329 g/mol. The van der Waals surface area contributed by atoms with Gasteiger partial charge in [0.1, 0.15) is 18.3 Å². The van der Waals surface area contributed by atoms with E-state index in [-0.39, 0.29) is 0 Å². The normalized spacial score (nSPS) is 28.1. The van der Waals surface area contributed by atoms with Crippen LogP contribution in [-0.4, -0.2) is 62.6 Å². The van der Waals surface area contributed by atoms with E-state index in [1.807, 2.05) is 0 Å². The number of rotatable bonds is 4. The van der Waals surface area contributed by atoms with Gasteiger partial charge in [0.2, 0.25) is 5.75 Å². The van der Waals surface area contributed by atoms with E-state index in [1.165, 1.54) is 0 Å². The molecule has 130 valence electrons. The predicted molar refractivity (Wildman–Crippen MR) is 65.9 cm³/mol. The van der Waals surface area contributed by atoms with E-state index in [2.05, 4.69) is 4.74 Å². The van der Waals surface area contributed by atoms with Gasteiger partial charge in [0.15, 0.2) is 12.8 Å². The van der Waals surface area contributed by atoms with E-state index < -0.39 is 60.9 Å². The Morgan fingerprint density at radius 2 is 1.96 bits per heavy atom. The summed E-state index contributed by atoms with van der Waals surface area (Å²) in [5, 5.41) is 28.4. The largest absolute Gasteiger partial charge is 0.477 e. The van der Waals surface area contributed by atoms with Crippen molar-refractivity contribution in [2.75, 3.05) is 13.2 Å². The third kappa shape index (κ3) is 3.72. The number of aromatic amines is 1. The summed E-state index contributed by atoms with van der Waals surface area (Å²) in [6.45, 7) is -2.42. The summed E-state index contributed by atoms with van der Waals surface area (Å²) in [5.41, 5.74) is -2.29. The molecule has 0 saturated carbocycles. The smallest absolute Gasteiger partial charge is 0.422 e. The highest BCUT2D eigenvalue weighted by molar-refractivity contribution is 5.13. The summed E-state index contributed by atoms with van der Waals surface area (Å²) >= 11 is 0. The third-order valence-corrected chi connectivity index (χ3v) is 3.12. The number of ether oxygens (including phenoxy) is 2. The maximum absolute atomic E-state index is 12.1. The van der Waals surface area contributed by atoms with Gasteiger partial charge in [0, 0.05) is 0 Å². The Kier molecular flexibility index (Phi) is 4.79. The number of halogens is 3. The maximum Gasteiger partial charge on any atom is 0.422 e. The van der Waals surface area contributed by atoms with Crippen LogP contribution in [0.4, 0.5) is 13.2 Å². The lowest BCUT2D eigenvalue weighted by Gasteiger charge is -2.18. The second-order valence-corrected chi connectivity index (χ2v) is 4.79. The van der Waals surface area contributed by atoms with Gasteiger partial charge in [-0.3, -0.25) is 14.3 Å². The average molecular weight is 342 g/mol. The summed E-state index contributed by atoms with van der Waals surface area (Å²) in [6, 6.07) is 0. The van der Waals surface area contributed by atoms with Crippen molar-refractivity contribution in [3.05, 3.63) is 27.0 Å². The monoisotopic (exact) mass is 342 g/mol. The fourth-order valence-corrected chi connectivity index (χ4v) is 2.03. The molecule has 0 aliphatic carbocycles. The molecule has 0 unspecified atom stereocenters. The van der Waals surface area contributed by atoms with Crippen LogP contribution >= 0.6 is 0 Å². The molecule has 4 atom stereocenters. The van der Waals surface area contributed by atoms with E-state index in [9.17, 15) is 33.0 Å². The van der Waals surface area contributed by atoms with E-state index in [4.69, 9.17) is 9.84 Å². The Morgan fingerprint density at radius 3 is 2.48 bits per heavy atom. The van der Waals surface area contributed by atoms with E-state index >= 15 is 0 Å². The summed E-state index contributed by atoms with van der Waals surface area (Å²) < 4.78 is 46.3. The Bertz CT molecular complexity index is 671. The predicted octanol–water partition coefficient (Wildman–Crippen LogP) is -1.91. The molecule has 1 aromatic heterocycles. The minimum Gasteiger partial charge on any atom is -0.477 e. The standard InChI is InChI=1S/C11H13F3N2O7/c12-11(13,14)3-22-4-1-16(10(21)15-8(4)20)9-7(19)6(18)5(2-17)23-9/h1,5-7,9,17-19H,2-3H2,(H,15,20,21)/t5-,6-,7-,9-/m1/s1.